The predicted molar refractivity (Wildman–Crippen MR) is 109 cm³/mol. The van der Waals surface area contributed by atoms with Crippen LogP contribution in [-0.2, 0) is 3.97 Å². The third-order valence-corrected chi connectivity index (χ3v) is 12.5. The van der Waals surface area contributed by atoms with Crippen molar-refractivity contribution in [1.29, 1.82) is 0 Å². The Hall–Kier alpha value is -1.35. The van der Waals surface area contributed by atoms with Crippen LogP contribution in [0.3, 0.4) is 0 Å². The summed E-state index contributed by atoms with van der Waals surface area (Å²) in [4.78, 5) is 13.8. The number of carbonyl (C=O) groups excluding carboxylic acids is 1. The van der Waals surface area contributed by atoms with Crippen molar-refractivity contribution < 1.29 is 8.76 Å². The van der Waals surface area contributed by atoms with Gasteiger partial charge in [0.05, 0.1) is 0 Å². The van der Waals surface area contributed by atoms with Gasteiger partial charge in [-0.1, -0.05) is 0 Å². The molecule has 3 aromatic rings. The number of hydrogen-bond donors (Lipinski definition) is 0. The van der Waals surface area contributed by atoms with E-state index >= 15 is 0 Å². The topological polar surface area (TPSA) is 29.6 Å². The van der Waals surface area contributed by atoms with Crippen LogP contribution >= 0.6 is 40.9 Å². The summed E-state index contributed by atoms with van der Waals surface area (Å²) in [5.74, 6) is 0. The zero-order valence-electron chi connectivity index (χ0n) is 12.9. The van der Waals surface area contributed by atoms with E-state index < -0.39 is 6.03 Å². The molecule has 0 bridgehead atoms. The van der Waals surface area contributed by atoms with E-state index in [4.69, 9.17) is 27.2 Å². The monoisotopic (exact) mass is 406 g/mol. The van der Waals surface area contributed by atoms with E-state index in [9.17, 15) is 4.79 Å². The van der Waals surface area contributed by atoms with Gasteiger partial charge in [-0.2, -0.15) is 0 Å². The summed E-state index contributed by atoms with van der Waals surface area (Å²) in [5.41, 5.74) is 0.171. The van der Waals surface area contributed by atoms with Crippen LogP contribution in [-0.4, -0.2) is 5.52 Å². The fraction of sp³-hybridized carbons (Fsp3) is 0. The normalized spacial score (nSPS) is 18.7. The number of halogens is 2. The fourth-order valence-corrected chi connectivity index (χ4v) is 10.7. The standard InChI is InChI=1S/C19H13Cl2O2PS/c20-16-12-7-13-17(21)18(16)19(22)24(23-25-24,14-8-3-1-4-9-14)15-10-5-2-6-11-15/h1-13H. The maximum atomic E-state index is 13.8. The molecule has 6 heteroatoms. The van der Waals surface area contributed by atoms with Crippen molar-refractivity contribution in [3.8, 4) is 0 Å². The first kappa shape index (κ1) is 17.1. The second-order valence-electron chi connectivity index (χ2n) is 5.68. The van der Waals surface area contributed by atoms with Crippen LogP contribution in [0.2, 0.25) is 10.0 Å². The molecular formula is C19H13Cl2O2PS. The van der Waals surface area contributed by atoms with Gasteiger partial charge in [-0.3, -0.25) is 0 Å². The Bertz CT molecular complexity index is 896. The van der Waals surface area contributed by atoms with Gasteiger partial charge in [0.1, 0.15) is 0 Å². The van der Waals surface area contributed by atoms with Crippen molar-refractivity contribution in [2.45, 2.75) is 0 Å². The molecule has 0 saturated carbocycles. The van der Waals surface area contributed by atoms with Crippen LogP contribution in [0.4, 0.5) is 0 Å². The first-order valence-electron chi connectivity index (χ1n) is 7.60. The van der Waals surface area contributed by atoms with Crippen molar-refractivity contribution in [3.63, 3.8) is 0 Å². The predicted octanol–water partition coefficient (Wildman–Crippen LogP) is 5.85. The third kappa shape index (κ3) is 2.38. The van der Waals surface area contributed by atoms with Gasteiger partial charge in [0.2, 0.25) is 0 Å². The van der Waals surface area contributed by atoms with Gasteiger partial charge < -0.3 is 0 Å². The zero-order chi connectivity index (χ0) is 17.5. The summed E-state index contributed by atoms with van der Waals surface area (Å²) >= 11 is 13.9. The molecule has 1 aliphatic rings. The Balaban J connectivity index is 2.03. The van der Waals surface area contributed by atoms with Crippen molar-refractivity contribution >= 4 is 57.0 Å². The molecule has 0 spiro atoms. The second kappa shape index (κ2) is 6.12. The SMILES string of the molecule is O=C(c1c(Cl)cccc1Cl)P1(c2ccccc2)(c2ccccc2)OS1. The molecule has 1 fully saturated rings. The summed E-state index contributed by atoms with van der Waals surface area (Å²) in [7, 11) is 0. The number of benzene rings is 3. The summed E-state index contributed by atoms with van der Waals surface area (Å²) in [6, 6.07) is 20.8. The van der Waals surface area contributed by atoms with Crippen LogP contribution < -0.4 is 10.6 Å². The van der Waals surface area contributed by atoms with Crippen LogP contribution in [0.15, 0.2) is 78.9 Å². The molecule has 0 unspecified atom stereocenters. The van der Waals surface area contributed by atoms with Crippen LogP contribution in [0.5, 0.6) is 0 Å². The van der Waals surface area contributed by atoms with Crippen LogP contribution in [0.25, 0.3) is 0 Å². The number of hydrogen-bond acceptors (Lipinski definition) is 3. The Kier molecular flexibility index (Phi) is 4.18. The molecule has 3 aromatic carbocycles. The number of rotatable bonds is 4. The molecule has 2 nitrogen and oxygen atoms in total. The van der Waals surface area contributed by atoms with E-state index in [0.717, 1.165) is 10.6 Å². The molecule has 0 atom stereocenters. The summed E-state index contributed by atoms with van der Waals surface area (Å²) in [5, 5.41) is 2.41. The molecule has 0 amide bonds. The van der Waals surface area contributed by atoms with E-state index in [2.05, 4.69) is 0 Å². The minimum absolute atomic E-state index is 0.149. The van der Waals surface area contributed by atoms with E-state index in [1.807, 2.05) is 60.7 Å². The van der Waals surface area contributed by atoms with E-state index in [-0.39, 0.29) is 5.52 Å². The van der Waals surface area contributed by atoms with Gasteiger partial charge in [0, 0.05) is 0 Å². The Morgan fingerprint density at radius 2 is 1.20 bits per heavy atom. The van der Waals surface area contributed by atoms with Gasteiger partial charge in [-0.15, -0.1) is 0 Å². The summed E-state index contributed by atoms with van der Waals surface area (Å²) in [6.45, 7) is 0. The second-order valence-corrected chi connectivity index (χ2v) is 13.1. The summed E-state index contributed by atoms with van der Waals surface area (Å²) < 4.78 is 6.06. The Morgan fingerprint density at radius 3 is 1.60 bits per heavy atom. The summed E-state index contributed by atoms with van der Waals surface area (Å²) in [6.07, 6.45) is 0. The zero-order valence-corrected chi connectivity index (χ0v) is 16.2. The van der Waals surface area contributed by atoms with Crippen LogP contribution in [0.1, 0.15) is 10.4 Å². The van der Waals surface area contributed by atoms with Crippen molar-refractivity contribution in [1.82, 2.24) is 0 Å². The average molecular weight is 407 g/mol. The first-order chi connectivity index (χ1) is 12.1. The minimum atomic E-state index is -3.55. The molecule has 25 heavy (non-hydrogen) atoms. The molecule has 0 N–H and O–H groups in total. The number of carbonyl (C=O) groups is 1. The average Bonchev–Trinajstić information content (AvgIpc) is 3.42. The quantitative estimate of drug-likeness (QED) is 0.309. The van der Waals surface area contributed by atoms with Crippen molar-refractivity contribution in [2.24, 2.45) is 0 Å². The van der Waals surface area contributed by atoms with E-state index in [0.29, 0.717) is 15.6 Å². The first-order valence-corrected chi connectivity index (χ1v) is 11.9. The Labute approximate surface area is 160 Å². The van der Waals surface area contributed by atoms with Gasteiger partial charge in [-0.25, -0.2) is 0 Å². The van der Waals surface area contributed by atoms with Gasteiger partial charge in [0.15, 0.2) is 0 Å². The van der Waals surface area contributed by atoms with Gasteiger partial charge in [0.25, 0.3) is 0 Å². The molecule has 1 heterocycles. The molecular weight excluding hydrogens is 394 g/mol. The van der Waals surface area contributed by atoms with Crippen LogP contribution in [0, 0.1) is 0 Å². The Morgan fingerprint density at radius 1 is 0.760 bits per heavy atom. The van der Waals surface area contributed by atoms with E-state index in [1.165, 1.54) is 11.7 Å². The fourth-order valence-electron chi connectivity index (χ4n) is 2.98. The molecule has 1 aliphatic heterocycles. The molecule has 126 valence electrons. The van der Waals surface area contributed by atoms with Crippen molar-refractivity contribution in [2.75, 3.05) is 0 Å². The van der Waals surface area contributed by atoms with E-state index in [1.54, 1.807) is 18.2 Å². The molecule has 0 radical (unpaired) electrons. The molecule has 4 rings (SSSR count). The molecule has 0 aromatic heterocycles. The third-order valence-electron chi connectivity index (χ3n) is 4.29. The van der Waals surface area contributed by atoms with Crippen molar-refractivity contribution in [3.05, 3.63) is 94.5 Å². The molecule has 1 saturated heterocycles. The van der Waals surface area contributed by atoms with Gasteiger partial charge >= 0.3 is 160 Å². The van der Waals surface area contributed by atoms with Gasteiger partial charge in [-0.05, 0) is 0 Å². The maximum absolute atomic E-state index is 13.8. The molecule has 0 aliphatic carbocycles.